The van der Waals surface area contributed by atoms with Crippen LogP contribution in [-0.2, 0) is 24.4 Å². The largest absolute Gasteiger partial charge is 0.355 e. The maximum absolute atomic E-state index is 9.91. The normalized spacial score (nSPS) is 15.3. The van der Waals surface area contributed by atoms with Crippen molar-refractivity contribution in [1.82, 2.24) is 38.7 Å². The minimum Gasteiger partial charge on any atom is -0.355 e. The summed E-state index contributed by atoms with van der Waals surface area (Å²) < 4.78 is 8.67. The molecule has 1 aliphatic rings. The van der Waals surface area contributed by atoms with Crippen LogP contribution in [0.3, 0.4) is 0 Å². The SMILES string of the molecule is CCn1cc(-c2cnc3c(Nc4cc(CN5CCCC(C)C5)ns4)nc(C)cn23)cn1.O=CNCc1ccc(Cl)cc1. The van der Waals surface area contributed by atoms with Gasteiger partial charge in [-0.2, -0.15) is 9.47 Å². The maximum Gasteiger partial charge on any atom is 0.207 e. The van der Waals surface area contributed by atoms with Crippen molar-refractivity contribution in [2.75, 3.05) is 18.4 Å². The Morgan fingerprint density at radius 2 is 2.02 bits per heavy atom. The van der Waals surface area contributed by atoms with Crippen LogP contribution in [0.5, 0.6) is 0 Å². The van der Waals surface area contributed by atoms with Gasteiger partial charge in [0, 0.05) is 49.2 Å². The molecular weight excluding hydrogens is 570 g/mol. The van der Waals surface area contributed by atoms with Gasteiger partial charge in [0.05, 0.1) is 29.5 Å². The molecule has 220 valence electrons. The number of amides is 1. The number of carbonyl (C=O) groups excluding carboxylic acids is 1. The summed E-state index contributed by atoms with van der Waals surface area (Å²) in [6.45, 7) is 11.0. The minimum atomic E-state index is 0.556. The second kappa shape index (κ2) is 13.9. The van der Waals surface area contributed by atoms with Crippen molar-refractivity contribution in [3.8, 4) is 11.3 Å². The number of benzene rings is 1. The van der Waals surface area contributed by atoms with E-state index in [0.717, 1.165) is 76.8 Å². The van der Waals surface area contributed by atoms with Crippen LogP contribution < -0.4 is 10.6 Å². The van der Waals surface area contributed by atoms with E-state index in [-0.39, 0.29) is 0 Å². The molecule has 2 N–H and O–H groups in total. The van der Waals surface area contributed by atoms with Gasteiger partial charge in [-0.1, -0.05) is 30.7 Å². The van der Waals surface area contributed by atoms with Crippen LogP contribution in [0.15, 0.2) is 55.1 Å². The van der Waals surface area contributed by atoms with Gasteiger partial charge in [0.1, 0.15) is 5.00 Å². The third kappa shape index (κ3) is 7.53. The van der Waals surface area contributed by atoms with Gasteiger partial charge in [0.25, 0.3) is 0 Å². The van der Waals surface area contributed by atoms with Gasteiger partial charge in [-0.3, -0.25) is 18.8 Å². The molecule has 1 saturated heterocycles. The predicted octanol–water partition coefficient (Wildman–Crippen LogP) is 5.94. The third-order valence-electron chi connectivity index (χ3n) is 7.10. The van der Waals surface area contributed by atoms with E-state index in [1.54, 1.807) is 12.1 Å². The molecule has 1 aliphatic heterocycles. The molecule has 1 atom stereocenters. The number of aromatic nitrogens is 6. The lowest BCUT2D eigenvalue weighted by Gasteiger charge is -2.30. The Hall–Kier alpha value is -3.80. The number of rotatable bonds is 9. The van der Waals surface area contributed by atoms with Gasteiger partial charge in [-0.15, -0.1) is 0 Å². The van der Waals surface area contributed by atoms with Gasteiger partial charge in [0.2, 0.25) is 6.41 Å². The highest BCUT2D eigenvalue weighted by Crippen LogP contribution is 2.28. The third-order valence-corrected chi connectivity index (χ3v) is 8.09. The standard InChI is InChI=1S/C22H28N8S.C8H8ClNO/c1-4-29-13-17(9-24-29)19-10-23-22-21(25-16(3)12-30(19)22)26-20-8-18(27-31-20)14-28-7-5-6-15(2)11-28;9-8-3-1-7(2-4-8)5-10-6-11/h8-10,12-13,15H,4-7,11,14H2,1-3H3,(H,25,26);1-4,6H,5H2,(H,10,11). The summed E-state index contributed by atoms with van der Waals surface area (Å²) in [5.74, 6) is 1.52. The van der Waals surface area contributed by atoms with Crippen molar-refractivity contribution in [2.45, 2.75) is 53.2 Å². The molecule has 0 spiro atoms. The predicted molar refractivity (Wildman–Crippen MR) is 168 cm³/mol. The number of hydrogen-bond donors (Lipinski definition) is 2. The zero-order valence-corrected chi connectivity index (χ0v) is 25.7. The van der Waals surface area contributed by atoms with Crippen molar-refractivity contribution in [1.29, 1.82) is 0 Å². The summed E-state index contributed by atoms with van der Waals surface area (Å²) in [4.78, 5) is 21.8. The molecule has 0 bridgehead atoms. The smallest absolute Gasteiger partial charge is 0.207 e. The first-order valence-electron chi connectivity index (χ1n) is 14.2. The Labute approximate surface area is 254 Å². The molecule has 5 heterocycles. The van der Waals surface area contributed by atoms with Crippen LogP contribution in [0, 0.1) is 12.8 Å². The Kier molecular flexibility index (Phi) is 9.83. The topological polar surface area (TPSA) is 105 Å². The van der Waals surface area contributed by atoms with Crippen molar-refractivity contribution in [2.24, 2.45) is 5.92 Å². The number of anilines is 2. The highest BCUT2D eigenvalue weighted by molar-refractivity contribution is 7.10. The number of nitrogens with one attached hydrogen (secondary N) is 2. The molecule has 1 unspecified atom stereocenters. The van der Waals surface area contributed by atoms with E-state index in [1.165, 1.54) is 24.4 Å². The molecule has 0 saturated carbocycles. The number of imidazole rings is 1. The number of hydrogen-bond acceptors (Lipinski definition) is 8. The summed E-state index contributed by atoms with van der Waals surface area (Å²) >= 11 is 7.14. The van der Waals surface area contributed by atoms with E-state index in [1.807, 2.05) is 48.5 Å². The fraction of sp³-hybridized carbons (Fsp3) is 0.367. The number of aryl methyl sites for hydroxylation is 2. The van der Waals surface area contributed by atoms with Crippen LogP contribution >= 0.6 is 23.1 Å². The molecule has 5 aromatic rings. The van der Waals surface area contributed by atoms with Gasteiger partial charge < -0.3 is 10.6 Å². The fourth-order valence-corrected chi connectivity index (χ4v) is 5.84. The summed E-state index contributed by atoms with van der Waals surface area (Å²) in [6, 6.07) is 9.48. The van der Waals surface area contributed by atoms with Crippen LogP contribution in [0.2, 0.25) is 5.02 Å². The molecule has 42 heavy (non-hydrogen) atoms. The lowest BCUT2D eigenvalue weighted by Crippen LogP contribution is -2.33. The number of fused-ring (bicyclic) bond motifs is 1. The molecule has 1 fully saturated rings. The first-order chi connectivity index (χ1) is 20.4. The number of nitrogens with zero attached hydrogens (tertiary/aromatic N) is 7. The van der Waals surface area contributed by atoms with Gasteiger partial charge in [-0.25, -0.2) is 9.97 Å². The van der Waals surface area contributed by atoms with Crippen molar-refractivity contribution < 1.29 is 4.79 Å². The van der Waals surface area contributed by atoms with E-state index in [2.05, 4.69) is 54.3 Å². The van der Waals surface area contributed by atoms with E-state index >= 15 is 0 Å². The zero-order chi connectivity index (χ0) is 29.5. The first kappa shape index (κ1) is 29.7. The average Bonchev–Trinajstić information content (AvgIpc) is 3.73. The van der Waals surface area contributed by atoms with Crippen LogP contribution in [0.1, 0.15) is 43.6 Å². The molecular formula is C30H36ClN9OS. The second-order valence-electron chi connectivity index (χ2n) is 10.6. The molecule has 0 radical (unpaired) electrons. The van der Waals surface area contributed by atoms with E-state index in [4.69, 9.17) is 16.6 Å². The Balaban J connectivity index is 0.000000271. The highest BCUT2D eigenvalue weighted by Gasteiger charge is 2.18. The summed E-state index contributed by atoms with van der Waals surface area (Å²) in [7, 11) is 0. The molecule has 10 nitrogen and oxygen atoms in total. The summed E-state index contributed by atoms with van der Waals surface area (Å²) in [6.07, 6.45) is 11.1. The zero-order valence-electron chi connectivity index (χ0n) is 24.1. The summed E-state index contributed by atoms with van der Waals surface area (Å²) in [5.41, 5.74) is 5.92. The Bertz CT molecular complexity index is 1610. The number of piperidine rings is 1. The molecule has 1 aromatic carbocycles. The fourth-order valence-electron chi connectivity index (χ4n) is 5.06. The van der Waals surface area contributed by atoms with E-state index in [0.29, 0.717) is 18.0 Å². The second-order valence-corrected chi connectivity index (χ2v) is 11.8. The Morgan fingerprint density at radius 1 is 1.19 bits per heavy atom. The molecule has 12 heteroatoms. The summed E-state index contributed by atoms with van der Waals surface area (Å²) in [5, 5.41) is 12.1. The molecule has 6 rings (SSSR count). The van der Waals surface area contributed by atoms with E-state index in [9.17, 15) is 4.79 Å². The van der Waals surface area contributed by atoms with Gasteiger partial charge in [0.15, 0.2) is 11.5 Å². The Morgan fingerprint density at radius 3 is 2.76 bits per heavy atom. The van der Waals surface area contributed by atoms with Crippen molar-refractivity contribution >= 4 is 46.0 Å². The van der Waals surface area contributed by atoms with Crippen molar-refractivity contribution in [3.63, 3.8) is 0 Å². The maximum atomic E-state index is 9.91. The molecule has 4 aromatic heterocycles. The number of carbonyl (C=O) groups is 1. The number of likely N-dealkylation sites (tertiary alicyclic amines) is 1. The lowest BCUT2D eigenvalue weighted by molar-refractivity contribution is -0.109. The van der Waals surface area contributed by atoms with Crippen LogP contribution in [-0.4, -0.2) is 52.9 Å². The van der Waals surface area contributed by atoms with Gasteiger partial charge in [-0.05, 0) is 74.4 Å². The number of halogens is 1. The van der Waals surface area contributed by atoms with E-state index < -0.39 is 0 Å². The van der Waals surface area contributed by atoms with Crippen LogP contribution in [0.25, 0.3) is 16.9 Å². The lowest BCUT2D eigenvalue weighted by atomic mass is 10.0. The quantitative estimate of drug-likeness (QED) is 0.200. The van der Waals surface area contributed by atoms with Crippen molar-refractivity contribution in [3.05, 3.63) is 77.1 Å². The highest BCUT2D eigenvalue weighted by atomic mass is 35.5. The molecule has 1 amide bonds. The average molecular weight is 606 g/mol. The monoisotopic (exact) mass is 605 g/mol. The van der Waals surface area contributed by atoms with Crippen LogP contribution in [0.4, 0.5) is 10.8 Å². The molecule has 0 aliphatic carbocycles. The van der Waals surface area contributed by atoms with Gasteiger partial charge >= 0.3 is 0 Å². The minimum absolute atomic E-state index is 0.556. The first-order valence-corrected chi connectivity index (χ1v) is 15.3.